The molecule has 0 spiro atoms. The summed E-state index contributed by atoms with van der Waals surface area (Å²) in [7, 11) is 0. The molecule has 0 bridgehead atoms. The van der Waals surface area contributed by atoms with E-state index in [1.54, 1.807) is 6.92 Å². The number of nitrogens with one attached hydrogen (secondary N) is 1. The molecule has 2 heterocycles. The Morgan fingerprint density at radius 1 is 1.39 bits per heavy atom. The van der Waals surface area contributed by atoms with Crippen molar-refractivity contribution in [2.45, 2.75) is 45.3 Å². The van der Waals surface area contributed by atoms with Crippen molar-refractivity contribution in [1.82, 2.24) is 19.9 Å². The van der Waals surface area contributed by atoms with E-state index in [0.29, 0.717) is 24.1 Å². The quantitative estimate of drug-likeness (QED) is 0.943. The third kappa shape index (κ3) is 2.89. The Hall–Kier alpha value is -2.12. The molecule has 1 fully saturated rings. The first-order valence-electron chi connectivity index (χ1n) is 7.47. The number of rotatable bonds is 3. The molecule has 1 aliphatic carbocycles. The van der Waals surface area contributed by atoms with E-state index in [-0.39, 0.29) is 5.82 Å². The lowest BCUT2D eigenvalue weighted by Crippen LogP contribution is -2.52. The van der Waals surface area contributed by atoms with Crippen LogP contribution in [0.4, 0.5) is 13.2 Å². The summed E-state index contributed by atoms with van der Waals surface area (Å²) in [6.45, 7) is 3.58. The number of fused-ring (bicyclic) bond motifs is 1. The Morgan fingerprint density at radius 2 is 2.09 bits per heavy atom. The number of carbonyl (C=O) groups excluding carboxylic acids is 1. The van der Waals surface area contributed by atoms with Crippen molar-refractivity contribution >= 4 is 11.4 Å². The first-order chi connectivity index (χ1) is 10.8. The van der Waals surface area contributed by atoms with Crippen molar-refractivity contribution in [2.24, 2.45) is 5.92 Å². The number of hydrogen-bond donors (Lipinski definition) is 1. The van der Waals surface area contributed by atoms with E-state index in [4.69, 9.17) is 0 Å². The third-order valence-corrected chi connectivity index (χ3v) is 4.29. The number of halogens is 3. The summed E-state index contributed by atoms with van der Waals surface area (Å²) in [5.41, 5.74) is 2.12. The highest BCUT2D eigenvalue weighted by Gasteiger charge is 2.47. The molecule has 2 aromatic heterocycles. The van der Waals surface area contributed by atoms with E-state index >= 15 is 0 Å². The number of hydrogen-bond acceptors (Lipinski definition) is 3. The second kappa shape index (κ2) is 5.50. The van der Waals surface area contributed by atoms with E-state index in [1.807, 2.05) is 13.0 Å². The maximum Gasteiger partial charge on any atom is 0.408 e. The van der Waals surface area contributed by atoms with Crippen LogP contribution in [0, 0.1) is 19.8 Å². The van der Waals surface area contributed by atoms with Crippen LogP contribution >= 0.6 is 0 Å². The molecule has 1 saturated carbocycles. The average molecular weight is 326 g/mol. The van der Waals surface area contributed by atoms with Crippen molar-refractivity contribution in [1.29, 1.82) is 0 Å². The molecule has 0 aliphatic heterocycles. The van der Waals surface area contributed by atoms with Crippen LogP contribution in [-0.4, -0.2) is 32.7 Å². The molecule has 124 valence electrons. The van der Waals surface area contributed by atoms with Gasteiger partial charge in [0.2, 0.25) is 5.82 Å². The van der Waals surface area contributed by atoms with Crippen LogP contribution in [0.2, 0.25) is 0 Å². The maximum atomic E-state index is 13.2. The minimum Gasteiger partial charge on any atom is -0.337 e. The summed E-state index contributed by atoms with van der Waals surface area (Å²) in [6, 6.07) is -0.00650. The molecule has 1 amide bonds. The van der Waals surface area contributed by atoms with Gasteiger partial charge in [-0.2, -0.15) is 18.3 Å². The molecule has 1 unspecified atom stereocenters. The van der Waals surface area contributed by atoms with Crippen LogP contribution in [0.25, 0.3) is 5.52 Å². The maximum absolute atomic E-state index is 13.2. The molecule has 0 saturated heterocycles. The van der Waals surface area contributed by atoms with Crippen molar-refractivity contribution in [2.75, 3.05) is 0 Å². The van der Waals surface area contributed by atoms with Gasteiger partial charge in [0.1, 0.15) is 6.04 Å². The Balaban J connectivity index is 1.91. The highest BCUT2D eigenvalue weighted by molar-refractivity contribution is 5.92. The summed E-state index contributed by atoms with van der Waals surface area (Å²) in [5, 5.41) is 6.28. The second-order valence-electron chi connectivity index (χ2n) is 6.03. The fraction of sp³-hybridized carbons (Fsp3) is 0.533. The number of aromatic nitrogens is 3. The van der Waals surface area contributed by atoms with Gasteiger partial charge in [0.15, 0.2) is 0 Å². The van der Waals surface area contributed by atoms with Crippen molar-refractivity contribution < 1.29 is 18.0 Å². The molecule has 1 aliphatic rings. The van der Waals surface area contributed by atoms with E-state index in [2.05, 4.69) is 15.4 Å². The lowest BCUT2D eigenvalue weighted by Gasteiger charge is -2.35. The number of aryl methyl sites for hydroxylation is 2. The topological polar surface area (TPSA) is 59.3 Å². The second-order valence-corrected chi connectivity index (χ2v) is 6.03. The predicted octanol–water partition coefficient (Wildman–Crippen LogP) is 2.81. The smallest absolute Gasteiger partial charge is 0.337 e. The molecule has 0 radical (unpaired) electrons. The number of nitrogens with zero attached hydrogens (tertiary/aromatic N) is 3. The Kier molecular flexibility index (Phi) is 3.77. The molecule has 3 rings (SSSR count). The van der Waals surface area contributed by atoms with Crippen LogP contribution < -0.4 is 5.32 Å². The monoisotopic (exact) mass is 326 g/mol. The average Bonchev–Trinajstić information content (AvgIpc) is 2.78. The van der Waals surface area contributed by atoms with Gasteiger partial charge in [-0.3, -0.25) is 4.79 Å². The largest absolute Gasteiger partial charge is 0.408 e. The Labute approximate surface area is 130 Å². The zero-order valence-electron chi connectivity index (χ0n) is 12.8. The lowest BCUT2D eigenvalue weighted by molar-refractivity contribution is -0.171. The van der Waals surface area contributed by atoms with Crippen LogP contribution in [0.3, 0.4) is 0 Å². The summed E-state index contributed by atoms with van der Waals surface area (Å²) < 4.78 is 40.8. The summed E-state index contributed by atoms with van der Waals surface area (Å²) >= 11 is 0. The molecule has 2 aromatic rings. The van der Waals surface area contributed by atoms with E-state index in [0.717, 1.165) is 12.0 Å². The number of amides is 1. The highest BCUT2D eigenvalue weighted by Crippen LogP contribution is 2.37. The zero-order valence-corrected chi connectivity index (χ0v) is 12.8. The van der Waals surface area contributed by atoms with Gasteiger partial charge in [-0.25, -0.2) is 9.50 Å². The fourth-order valence-corrected chi connectivity index (χ4v) is 2.89. The first kappa shape index (κ1) is 15.8. The lowest BCUT2D eigenvalue weighted by atomic mass is 9.79. The molecule has 5 nitrogen and oxygen atoms in total. The number of imidazole rings is 1. The molecule has 1 atom stereocenters. The SMILES string of the molecule is Cc1cc(C)c2cnc(C(=O)NC(C3CCC3)C(F)(F)F)n2n1. The predicted molar refractivity (Wildman–Crippen MR) is 77.1 cm³/mol. The van der Waals surface area contributed by atoms with Gasteiger partial charge in [0.25, 0.3) is 5.91 Å². The third-order valence-electron chi connectivity index (χ3n) is 4.29. The fourth-order valence-electron chi connectivity index (χ4n) is 2.89. The van der Waals surface area contributed by atoms with Gasteiger partial charge in [-0.1, -0.05) is 6.42 Å². The van der Waals surface area contributed by atoms with E-state index in [1.165, 1.54) is 10.7 Å². The summed E-state index contributed by atoms with van der Waals surface area (Å²) in [5.74, 6) is -1.53. The van der Waals surface area contributed by atoms with Crippen molar-refractivity contribution in [3.05, 3.63) is 29.3 Å². The normalized spacial score (nSPS) is 17.1. The van der Waals surface area contributed by atoms with Gasteiger partial charge in [0.05, 0.1) is 17.4 Å². The van der Waals surface area contributed by atoms with Crippen LogP contribution in [0.1, 0.15) is 41.1 Å². The minimum absolute atomic E-state index is 0.125. The summed E-state index contributed by atoms with van der Waals surface area (Å²) in [6.07, 6.45) is -1.30. The zero-order chi connectivity index (χ0) is 16.8. The minimum atomic E-state index is -4.47. The van der Waals surface area contributed by atoms with Gasteiger partial charge >= 0.3 is 6.18 Å². The number of alkyl halides is 3. The molecular formula is C15H17F3N4O. The van der Waals surface area contributed by atoms with Gasteiger partial charge in [-0.15, -0.1) is 0 Å². The van der Waals surface area contributed by atoms with Gasteiger partial charge in [-0.05, 0) is 44.2 Å². The molecule has 23 heavy (non-hydrogen) atoms. The Bertz CT molecular complexity index is 749. The van der Waals surface area contributed by atoms with Crippen LogP contribution in [0.15, 0.2) is 12.3 Å². The Morgan fingerprint density at radius 3 is 2.65 bits per heavy atom. The first-order valence-corrected chi connectivity index (χ1v) is 7.47. The standard InChI is InChI=1S/C15H17F3N4O/c1-8-6-9(2)21-22-11(8)7-19-13(22)14(23)20-12(15(16,17)18)10-4-3-5-10/h6-7,10,12H,3-5H2,1-2H3,(H,20,23). The van der Waals surface area contributed by atoms with Crippen molar-refractivity contribution in [3.63, 3.8) is 0 Å². The number of carbonyl (C=O) groups is 1. The van der Waals surface area contributed by atoms with Crippen molar-refractivity contribution in [3.8, 4) is 0 Å². The molecule has 0 aromatic carbocycles. The molecule has 8 heteroatoms. The summed E-state index contributed by atoms with van der Waals surface area (Å²) in [4.78, 5) is 16.3. The van der Waals surface area contributed by atoms with Crippen LogP contribution in [0.5, 0.6) is 0 Å². The molecule has 1 N–H and O–H groups in total. The van der Waals surface area contributed by atoms with Crippen LogP contribution in [-0.2, 0) is 0 Å². The van der Waals surface area contributed by atoms with Gasteiger partial charge in [0, 0.05) is 0 Å². The van der Waals surface area contributed by atoms with E-state index < -0.39 is 24.0 Å². The highest BCUT2D eigenvalue weighted by atomic mass is 19.4. The molecular weight excluding hydrogens is 309 g/mol. The van der Waals surface area contributed by atoms with E-state index in [9.17, 15) is 18.0 Å². The van der Waals surface area contributed by atoms with Gasteiger partial charge < -0.3 is 5.32 Å².